The fourth-order valence-electron chi connectivity index (χ4n) is 2.96. The number of nitrogens with one attached hydrogen (secondary N) is 2. The number of carbonyl (C=O) groups is 1. The number of rotatable bonds is 7. The largest absolute Gasteiger partial charge is 0.489 e. The third-order valence-corrected chi connectivity index (χ3v) is 5.84. The highest BCUT2D eigenvalue weighted by Crippen LogP contribution is 2.27. The van der Waals surface area contributed by atoms with Crippen LogP contribution in [0.3, 0.4) is 0 Å². The molecule has 0 bridgehead atoms. The number of sulfonamides is 1. The summed E-state index contributed by atoms with van der Waals surface area (Å²) in [7, 11) is -3.95. The van der Waals surface area contributed by atoms with Crippen LogP contribution in [-0.2, 0) is 16.6 Å². The van der Waals surface area contributed by atoms with Crippen molar-refractivity contribution in [2.24, 2.45) is 0 Å². The summed E-state index contributed by atoms with van der Waals surface area (Å²) >= 11 is 0. The van der Waals surface area contributed by atoms with Crippen molar-refractivity contribution in [2.75, 3.05) is 0 Å². The number of aryl methyl sites for hydroxylation is 1. The molecule has 7 heteroatoms. The second-order valence-electron chi connectivity index (χ2n) is 6.93. The third kappa shape index (κ3) is 5.61. The molecule has 0 aliphatic heterocycles. The van der Waals surface area contributed by atoms with Gasteiger partial charge in [0, 0.05) is 5.56 Å². The van der Waals surface area contributed by atoms with Crippen molar-refractivity contribution in [1.82, 2.24) is 10.0 Å². The fraction of sp³-hybridized carbons (Fsp3) is 0.174. The van der Waals surface area contributed by atoms with E-state index in [1.165, 1.54) is 12.1 Å². The van der Waals surface area contributed by atoms with E-state index in [-0.39, 0.29) is 4.90 Å². The second-order valence-corrected chi connectivity index (χ2v) is 8.61. The van der Waals surface area contributed by atoms with Gasteiger partial charge >= 0.3 is 6.03 Å². The number of hydrogen-bond donors (Lipinski definition) is 2. The van der Waals surface area contributed by atoms with E-state index in [1.807, 2.05) is 60.2 Å². The molecule has 1 unspecified atom stereocenters. The summed E-state index contributed by atoms with van der Waals surface area (Å²) in [5, 5.41) is 2.68. The Bertz CT molecular complexity index is 1100. The second kappa shape index (κ2) is 9.45. The number of ether oxygens (including phenoxy) is 1. The van der Waals surface area contributed by atoms with Crippen LogP contribution in [0.15, 0.2) is 83.8 Å². The number of carbonyl (C=O) groups excluding carboxylic acids is 1. The summed E-state index contributed by atoms with van der Waals surface area (Å²) in [5.74, 6) is 0.628. The zero-order valence-corrected chi connectivity index (χ0v) is 17.6. The Hall–Kier alpha value is -3.32. The van der Waals surface area contributed by atoms with Gasteiger partial charge in [-0.15, -0.1) is 0 Å². The lowest BCUT2D eigenvalue weighted by Gasteiger charge is -2.19. The predicted molar refractivity (Wildman–Crippen MR) is 116 cm³/mol. The summed E-state index contributed by atoms with van der Waals surface area (Å²) in [4.78, 5) is 12.4. The van der Waals surface area contributed by atoms with Gasteiger partial charge in [0.25, 0.3) is 10.0 Å². The van der Waals surface area contributed by atoms with Gasteiger partial charge < -0.3 is 10.1 Å². The minimum atomic E-state index is -3.95. The van der Waals surface area contributed by atoms with Crippen LogP contribution in [0.4, 0.5) is 4.79 Å². The van der Waals surface area contributed by atoms with Gasteiger partial charge in [-0.25, -0.2) is 17.9 Å². The SMILES string of the molecule is Cc1ccc(OCc2ccccc2)c(C(C)NC(=O)NS(=O)(=O)c2ccccc2)c1. The topological polar surface area (TPSA) is 84.5 Å². The molecule has 6 nitrogen and oxygen atoms in total. The van der Waals surface area contributed by atoms with Crippen molar-refractivity contribution < 1.29 is 17.9 Å². The normalized spacial score (nSPS) is 12.1. The smallest absolute Gasteiger partial charge is 0.329 e. The number of benzene rings is 3. The Morgan fingerprint density at radius 2 is 1.60 bits per heavy atom. The highest BCUT2D eigenvalue weighted by molar-refractivity contribution is 7.90. The first-order valence-corrected chi connectivity index (χ1v) is 11.0. The van der Waals surface area contributed by atoms with Gasteiger partial charge in [-0.1, -0.05) is 66.2 Å². The van der Waals surface area contributed by atoms with Gasteiger partial charge in [-0.3, -0.25) is 0 Å². The van der Waals surface area contributed by atoms with Gasteiger partial charge in [-0.05, 0) is 37.6 Å². The molecule has 2 N–H and O–H groups in total. The van der Waals surface area contributed by atoms with Crippen LogP contribution in [-0.4, -0.2) is 14.4 Å². The molecule has 3 aromatic carbocycles. The van der Waals surface area contributed by atoms with Crippen LogP contribution in [0.1, 0.15) is 29.7 Å². The molecule has 3 aromatic rings. The Labute approximate surface area is 177 Å². The van der Waals surface area contributed by atoms with Gasteiger partial charge in [0.1, 0.15) is 12.4 Å². The quantitative estimate of drug-likeness (QED) is 0.591. The number of amides is 2. The molecule has 0 saturated carbocycles. The van der Waals surface area contributed by atoms with E-state index in [2.05, 4.69) is 5.32 Å². The molecule has 30 heavy (non-hydrogen) atoms. The van der Waals surface area contributed by atoms with Crippen molar-refractivity contribution in [2.45, 2.75) is 31.4 Å². The average molecular weight is 425 g/mol. The molecule has 0 spiro atoms. The Balaban J connectivity index is 1.70. The standard InChI is InChI=1S/C23H24N2O4S/c1-17-13-14-22(29-16-19-9-5-3-6-10-19)21(15-17)18(2)24-23(26)25-30(27,28)20-11-7-4-8-12-20/h3-15,18H,16H2,1-2H3,(H2,24,25,26). The fourth-order valence-corrected chi connectivity index (χ4v) is 3.89. The average Bonchev–Trinajstić information content (AvgIpc) is 2.73. The van der Waals surface area contributed by atoms with Crippen LogP contribution < -0.4 is 14.8 Å². The highest BCUT2D eigenvalue weighted by Gasteiger charge is 2.20. The van der Waals surface area contributed by atoms with E-state index in [1.54, 1.807) is 25.1 Å². The van der Waals surface area contributed by atoms with Crippen molar-refractivity contribution >= 4 is 16.1 Å². The molecular weight excluding hydrogens is 400 g/mol. The minimum Gasteiger partial charge on any atom is -0.489 e. The maximum Gasteiger partial charge on any atom is 0.329 e. The minimum absolute atomic E-state index is 0.0234. The summed E-state index contributed by atoms with van der Waals surface area (Å²) < 4.78 is 32.7. The van der Waals surface area contributed by atoms with Gasteiger partial charge in [0.2, 0.25) is 0 Å². The van der Waals surface area contributed by atoms with E-state index < -0.39 is 22.1 Å². The van der Waals surface area contributed by atoms with Crippen molar-refractivity contribution in [3.8, 4) is 5.75 Å². The van der Waals surface area contributed by atoms with Crippen LogP contribution in [0.5, 0.6) is 5.75 Å². The van der Waals surface area contributed by atoms with Crippen LogP contribution in [0.25, 0.3) is 0 Å². The Kier molecular flexibility index (Phi) is 6.74. The zero-order chi connectivity index (χ0) is 21.6. The van der Waals surface area contributed by atoms with Crippen LogP contribution in [0, 0.1) is 6.92 Å². The molecule has 0 saturated heterocycles. The Morgan fingerprint density at radius 3 is 2.27 bits per heavy atom. The lowest BCUT2D eigenvalue weighted by molar-refractivity contribution is 0.242. The molecule has 0 aliphatic carbocycles. The summed E-state index contributed by atoms with van der Waals surface area (Å²) in [6.45, 7) is 4.11. The first-order valence-electron chi connectivity index (χ1n) is 9.51. The third-order valence-electron chi connectivity index (χ3n) is 4.50. The Morgan fingerprint density at radius 1 is 0.967 bits per heavy atom. The molecule has 0 aromatic heterocycles. The first-order chi connectivity index (χ1) is 14.3. The molecule has 1 atom stereocenters. The maximum atomic E-state index is 12.3. The lowest BCUT2D eigenvalue weighted by atomic mass is 10.0. The van der Waals surface area contributed by atoms with Gasteiger partial charge in [-0.2, -0.15) is 0 Å². The molecule has 0 fully saturated rings. The van der Waals surface area contributed by atoms with Crippen LogP contribution in [0.2, 0.25) is 0 Å². The maximum absolute atomic E-state index is 12.3. The summed E-state index contributed by atoms with van der Waals surface area (Å²) in [6, 6.07) is 21.9. The van der Waals surface area contributed by atoms with E-state index in [0.717, 1.165) is 16.7 Å². The van der Waals surface area contributed by atoms with Gasteiger partial charge in [0.05, 0.1) is 10.9 Å². The van der Waals surface area contributed by atoms with Crippen molar-refractivity contribution in [3.05, 3.63) is 95.6 Å². The monoisotopic (exact) mass is 424 g/mol. The van der Waals surface area contributed by atoms with E-state index in [9.17, 15) is 13.2 Å². The summed E-state index contributed by atoms with van der Waals surface area (Å²) in [6.07, 6.45) is 0. The van der Waals surface area contributed by atoms with Crippen molar-refractivity contribution in [3.63, 3.8) is 0 Å². The molecule has 2 amide bonds. The van der Waals surface area contributed by atoms with E-state index in [4.69, 9.17) is 4.74 Å². The lowest BCUT2D eigenvalue weighted by Crippen LogP contribution is -2.40. The predicted octanol–water partition coefficient (Wildman–Crippen LogP) is 4.32. The molecule has 3 rings (SSSR count). The number of hydrogen-bond acceptors (Lipinski definition) is 4. The zero-order valence-electron chi connectivity index (χ0n) is 16.8. The van der Waals surface area contributed by atoms with E-state index >= 15 is 0 Å². The molecule has 0 radical (unpaired) electrons. The summed E-state index contributed by atoms with van der Waals surface area (Å²) in [5.41, 5.74) is 2.79. The van der Waals surface area contributed by atoms with E-state index in [0.29, 0.717) is 12.4 Å². The molecule has 0 aliphatic rings. The molecule has 0 heterocycles. The first kappa shape index (κ1) is 21.4. The molecule has 156 valence electrons. The van der Waals surface area contributed by atoms with Crippen LogP contribution >= 0.6 is 0 Å². The highest BCUT2D eigenvalue weighted by atomic mass is 32.2. The van der Waals surface area contributed by atoms with Gasteiger partial charge in [0.15, 0.2) is 0 Å². The number of urea groups is 1. The van der Waals surface area contributed by atoms with Crippen molar-refractivity contribution in [1.29, 1.82) is 0 Å². The molecular formula is C23H24N2O4S.